The average Bonchev–Trinajstić information content (AvgIpc) is 2.86. The van der Waals surface area contributed by atoms with E-state index in [1.165, 1.54) is 0 Å². The van der Waals surface area contributed by atoms with Crippen LogP contribution in [0.1, 0.15) is 0 Å². The summed E-state index contributed by atoms with van der Waals surface area (Å²) in [6.07, 6.45) is 5.59. The fourth-order valence-electron chi connectivity index (χ4n) is 1.49. The minimum atomic E-state index is 0.758. The number of rotatable bonds is 1. The van der Waals surface area contributed by atoms with E-state index in [0.29, 0.717) is 0 Å². The first-order valence-electron chi connectivity index (χ1n) is 4.28. The predicted molar refractivity (Wildman–Crippen MR) is 50.7 cm³/mol. The molecule has 3 heterocycles. The van der Waals surface area contributed by atoms with Crippen LogP contribution in [0.2, 0.25) is 0 Å². The highest BCUT2D eigenvalue weighted by Gasteiger charge is 2.04. The second-order valence-corrected chi connectivity index (χ2v) is 3.05. The first-order chi connectivity index (χ1) is 6.93. The molecule has 0 spiro atoms. The molecular formula is C10H7N3O. The highest BCUT2D eigenvalue weighted by molar-refractivity contribution is 5.66. The van der Waals surface area contributed by atoms with E-state index in [4.69, 9.17) is 0 Å². The third kappa shape index (κ3) is 1.01. The minimum Gasteiger partial charge on any atom is -0.323 e. The number of aromatic nitrogens is 3. The molecule has 0 fully saturated rings. The van der Waals surface area contributed by atoms with Crippen LogP contribution < -0.4 is 0 Å². The Labute approximate surface area is 79.7 Å². The second-order valence-electron chi connectivity index (χ2n) is 3.05. The highest BCUT2D eigenvalue weighted by Crippen LogP contribution is 2.19. The Bertz CT molecular complexity index is 521. The number of hydrogen-bond acceptors (Lipinski definition) is 3. The molecule has 0 radical (unpaired) electrons. The van der Waals surface area contributed by atoms with Gasteiger partial charge < -0.3 is 4.40 Å². The molecule has 0 amide bonds. The average molecular weight is 185 g/mol. The molecule has 0 saturated heterocycles. The Morgan fingerprint density at radius 3 is 3.07 bits per heavy atom. The summed E-state index contributed by atoms with van der Waals surface area (Å²) >= 11 is 0. The van der Waals surface area contributed by atoms with Crippen LogP contribution in [0, 0.1) is 0 Å². The summed E-state index contributed by atoms with van der Waals surface area (Å²) in [5, 5.41) is 7.36. The van der Waals surface area contributed by atoms with E-state index >= 15 is 0 Å². The van der Waals surface area contributed by atoms with Gasteiger partial charge in [-0.05, 0) is 23.4 Å². The van der Waals surface area contributed by atoms with Crippen LogP contribution in [0.3, 0.4) is 0 Å². The van der Waals surface area contributed by atoms with Crippen LogP contribution >= 0.6 is 0 Å². The zero-order chi connectivity index (χ0) is 9.38. The van der Waals surface area contributed by atoms with E-state index in [-0.39, 0.29) is 0 Å². The highest BCUT2D eigenvalue weighted by atomic mass is 16.6. The zero-order valence-corrected chi connectivity index (χ0v) is 7.29. The van der Waals surface area contributed by atoms with E-state index in [0.717, 1.165) is 16.8 Å². The van der Waals surface area contributed by atoms with Crippen molar-refractivity contribution >= 4 is 5.52 Å². The molecule has 0 bridgehead atoms. The smallest absolute Gasteiger partial charge is 0.136 e. The molecule has 68 valence electrons. The van der Waals surface area contributed by atoms with Crippen molar-refractivity contribution in [2.24, 2.45) is 0 Å². The van der Waals surface area contributed by atoms with Gasteiger partial charge in [0.05, 0.1) is 6.20 Å². The van der Waals surface area contributed by atoms with Gasteiger partial charge in [-0.25, -0.2) is 4.63 Å². The topological polar surface area (TPSA) is 43.3 Å². The molecule has 3 aromatic heterocycles. The van der Waals surface area contributed by atoms with Gasteiger partial charge in [0.25, 0.3) is 0 Å². The molecule has 14 heavy (non-hydrogen) atoms. The summed E-state index contributed by atoms with van der Waals surface area (Å²) in [4.78, 5) is 0. The van der Waals surface area contributed by atoms with Crippen molar-refractivity contribution < 1.29 is 4.63 Å². The lowest BCUT2D eigenvalue weighted by molar-refractivity contribution is 0.308. The van der Waals surface area contributed by atoms with Crippen molar-refractivity contribution in [1.82, 2.24) is 14.7 Å². The molecule has 0 aliphatic heterocycles. The molecule has 4 heteroatoms. The van der Waals surface area contributed by atoms with Gasteiger partial charge >= 0.3 is 0 Å². The molecule has 0 atom stereocenters. The molecule has 0 aliphatic rings. The van der Waals surface area contributed by atoms with Gasteiger partial charge in [0.1, 0.15) is 5.69 Å². The second kappa shape index (κ2) is 2.70. The molecule has 3 rings (SSSR count). The van der Waals surface area contributed by atoms with Gasteiger partial charge in [-0.15, -0.1) is 0 Å². The van der Waals surface area contributed by atoms with E-state index in [9.17, 15) is 0 Å². The molecule has 0 N–H and O–H groups in total. The van der Waals surface area contributed by atoms with Crippen LogP contribution in [0.4, 0.5) is 0 Å². The lowest BCUT2D eigenvalue weighted by atomic mass is 10.2. The predicted octanol–water partition coefficient (Wildman–Crippen LogP) is 1.99. The quantitative estimate of drug-likeness (QED) is 0.582. The van der Waals surface area contributed by atoms with Crippen molar-refractivity contribution in [3.63, 3.8) is 0 Å². The van der Waals surface area contributed by atoms with Gasteiger partial charge in [0.2, 0.25) is 0 Å². The Balaban J connectivity index is 2.24. The Hall–Kier alpha value is -2.10. The van der Waals surface area contributed by atoms with Crippen molar-refractivity contribution in [1.29, 1.82) is 0 Å². The SMILES string of the molecule is c1ccn2cc(-c3cnon3)cc2c1. The van der Waals surface area contributed by atoms with E-state index in [2.05, 4.69) is 14.9 Å². The summed E-state index contributed by atoms with van der Waals surface area (Å²) in [6.45, 7) is 0. The normalized spacial score (nSPS) is 10.9. The molecule has 0 unspecified atom stereocenters. The van der Waals surface area contributed by atoms with Crippen LogP contribution in [-0.2, 0) is 0 Å². The standard InChI is InChI=1S/C10H7N3O/c1-2-4-13-7-8(5-9(13)3-1)10-6-11-14-12-10/h1-7H. The van der Waals surface area contributed by atoms with Crippen molar-refractivity contribution in [2.45, 2.75) is 0 Å². The zero-order valence-electron chi connectivity index (χ0n) is 7.29. The van der Waals surface area contributed by atoms with Crippen LogP contribution in [0.5, 0.6) is 0 Å². The van der Waals surface area contributed by atoms with Gasteiger partial charge in [-0.2, -0.15) is 0 Å². The van der Waals surface area contributed by atoms with Crippen molar-refractivity contribution in [3.8, 4) is 11.3 Å². The lowest BCUT2D eigenvalue weighted by Gasteiger charge is -1.88. The largest absolute Gasteiger partial charge is 0.323 e. The Morgan fingerprint density at radius 2 is 2.29 bits per heavy atom. The van der Waals surface area contributed by atoms with E-state index in [1.807, 2.05) is 41.1 Å². The van der Waals surface area contributed by atoms with Gasteiger partial charge in [0.15, 0.2) is 0 Å². The maximum atomic E-state index is 4.56. The summed E-state index contributed by atoms with van der Waals surface area (Å²) in [7, 11) is 0. The number of hydrogen-bond donors (Lipinski definition) is 0. The fraction of sp³-hybridized carbons (Fsp3) is 0. The van der Waals surface area contributed by atoms with Gasteiger partial charge in [0, 0.05) is 23.5 Å². The summed E-state index contributed by atoms with van der Waals surface area (Å²) < 4.78 is 6.59. The van der Waals surface area contributed by atoms with Gasteiger partial charge in [-0.1, -0.05) is 11.2 Å². The number of nitrogens with zero attached hydrogens (tertiary/aromatic N) is 3. The maximum Gasteiger partial charge on any atom is 0.136 e. The summed E-state index contributed by atoms with van der Waals surface area (Å²) in [5.74, 6) is 0. The van der Waals surface area contributed by atoms with Crippen molar-refractivity contribution in [2.75, 3.05) is 0 Å². The fourth-order valence-corrected chi connectivity index (χ4v) is 1.49. The lowest BCUT2D eigenvalue weighted by Crippen LogP contribution is -1.76. The van der Waals surface area contributed by atoms with E-state index in [1.54, 1.807) is 6.20 Å². The first kappa shape index (κ1) is 7.32. The van der Waals surface area contributed by atoms with Crippen molar-refractivity contribution in [3.05, 3.63) is 42.9 Å². The molecule has 4 nitrogen and oxygen atoms in total. The van der Waals surface area contributed by atoms with Gasteiger partial charge in [-0.3, -0.25) is 0 Å². The molecular weight excluding hydrogens is 178 g/mol. The molecule has 0 aliphatic carbocycles. The molecule has 0 aromatic carbocycles. The monoisotopic (exact) mass is 185 g/mol. The third-order valence-electron chi connectivity index (χ3n) is 2.16. The maximum absolute atomic E-state index is 4.56. The van der Waals surface area contributed by atoms with Crippen LogP contribution in [0.25, 0.3) is 16.8 Å². The Kier molecular flexibility index (Phi) is 1.41. The number of fused-ring (bicyclic) bond motifs is 1. The van der Waals surface area contributed by atoms with E-state index < -0.39 is 0 Å². The summed E-state index contributed by atoms with van der Waals surface area (Å²) in [5.41, 5.74) is 2.90. The Morgan fingerprint density at radius 1 is 1.29 bits per heavy atom. The summed E-state index contributed by atoms with van der Waals surface area (Å²) in [6, 6.07) is 8.06. The molecule has 3 aromatic rings. The first-order valence-corrected chi connectivity index (χ1v) is 4.28. The molecule has 0 saturated carbocycles. The number of pyridine rings is 1. The van der Waals surface area contributed by atoms with Crippen LogP contribution in [0.15, 0.2) is 47.5 Å². The minimum absolute atomic E-state index is 0.758. The third-order valence-corrected chi connectivity index (χ3v) is 2.16. The van der Waals surface area contributed by atoms with Crippen LogP contribution in [-0.4, -0.2) is 14.7 Å².